The molecule has 2 aromatic rings. The molecular formula is C19H20N2O2S. The molecule has 0 saturated carbocycles. The number of methoxy groups -OCH3 is 1. The molecule has 4 nitrogen and oxygen atoms in total. The predicted molar refractivity (Wildman–Crippen MR) is 98.6 cm³/mol. The predicted octanol–water partition coefficient (Wildman–Crippen LogP) is 3.88. The van der Waals surface area contributed by atoms with Gasteiger partial charge in [0.2, 0.25) is 0 Å². The number of hydrogen-bond donors (Lipinski definition) is 1. The lowest BCUT2D eigenvalue weighted by atomic mass is 9.80. The summed E-state index contributed by atoms with van der Waals surface area (Å²) in [5.74, 6) is 1.87. The monoisotopic (exact) mass is 340 g/mol. The molecule has 1 saturated heterocycles. The van der Waals surface area contributed by atoms with E-state index in [4.69, 9.17) is 21.7 Å². The van der Waals surface area contributed by atoms with E-state index in [0.717, 1.165) is 22.7 Å². The first-order chi connectivity index (χ1) is 11.6. The van der Waals surface area contributed by atoms with Crippen LogP contribution < -0.4 is 19.7 Å². The van der Waals surface area contributed by atoms with Gasteiger partial charge in [-0.2, -0.15) is 0 Å². The van der Waals surface area contributed by atoms with Crippen molar-refractivity contribution in [2.24, 2.45) is 5.92 Å². The van der Waals surface area contributed by atoms with E-state index in [9.17, 15) is 0 Å². The second-order valence-corrected chi connectivity index (χ2v) is 6.80. The molecule has 1 fully saturated rings. The minimum absolute atomic E-state index is 0.137. The third-order valence-corrected chi connectivity index (χ3v) is 5.47. The molecule has 2 aromatic carbocycles. The van der Waals surface area contributed by atoms with Crippen LogP contribution in [0.2, 0.25) is 0 Å². The molecular weight excluding hydrogens is 320 g/mol. The number of ether oxygens (including phenoxy) is 2. The molecule has 5 heteroatoms. The smallest absolute Gasteiger partial charge is 0.191 e. The first-order valence-electron chi connectivity index (χ1n) is 8.08. The summed E-state index contributed by atoms with van der Waals surface area (Å²) in [5, 5.41) is 4.15. The first kappa shape index (κ1) is 15.3. The van der Waals surface area contributed by atoms with Gasteiger partial charge in [0.1, 0.15) is 11.5 Å². The van der Waals surface area contributed by atoms with Gasteiger partial charge in [-0.15, -0.1) is 0 Å². The van der Waals surface area contributed by atoms with E-state index in [-0.39, 0.29) is 12.0 Å². The normalized spacial score (nSPS) is 27.8. The minimum Gasteiger partial charge on any atom is -0.495 e. The Morgan fingerprint density at radius 1 is 1.17 bits per heavy atom. The number of thiocarbonyl (C=S) groups is 1. The second-order valence-electron chi connectivity index (χ2n) is 6.42. The van der Waals surface area contributed by atoms with E-state index in [1.54, 1.807) is 7.11 Å². The highest BCUT2D eigenvalue weighted by Crippen LogP contribution is 2.50. The van der Waals surface area contributed by atoms with Crippen LogP contribution in [-0.2, 0) is 0 Å². The van der Waals surface area contributed by atoms with Crippen LogP contribution in [0.15, 0.2) is 48.5 Å². The largest absolute Gasteiger partial charge is 0.495 e. The molecule has 0 aliphatic carbocycles. The molecule has 124 valence electrons. The first-order valence-corrected chi connectivity index (χ1v) is 8.49. The average Bonchev–Trinajstić information content (AvgIpc) is 2.58. The summed E-state index contributed by atoms with van der Waals surface area (Å²) in [6.07, 6.45) is 0. The van der Waals surface area contributed by atoms with Crippen molar-refractivity contribution in [3.63, 3.8) is 0 Å². The molecule has 3 atom stereocenters. The Morgan fingerprint density at radius 2 is 1.88 bits per heavy atom. The standard InChI is InChI=1S/C19H20N2O2S/c1-12-17-13-8-4-6-10-15(13)23-19(12,2)21(18(24)20-17)14-9-5-7-11-16(14)22-3/h4-12,17H,1-3H3,(H,20,24)/t12-,17-,19+/m1/s1. The number of hydrogen-bond acceptors (Lipinski definition) is 3. The Kier molecular flexibility index (Phi) is 3.42. The van der Waals surface area contributed by atoms with Gasteiger partial charge in [-0.25, -0.2) is 0 Å². The Balaban J connectivity index is 1.88. The van der Waals surface area contributed by atoms with E-state index in [1.165, 1.54) is 0 Å². The summed E-state index contributed by atoms with van der Waals surface area (Å²) in [4.78, 5) is 2.04. The van der Waals surface area contributed by atoms with Crippen molar-refractivity contribution in [3.05, 3.63) is 54.1 Å². The van der Waals surface area contributed by atoms with Crippen molar-refractivity contribution in [1.29, 1.82) is 0 Å². The van der Waals surface area contributed by atoms with Crippen molar-refractivity contribution in [3.8, 4) is 11.5 Å². The number of para-hydroxylation sites is 3. The number of rotatable bonds is 2. The topological polar surface area (TPSA) is 33.7 Å². The second kappa shape index (κ2) is 5.38. The Bertz CT molecular complexity index is 809. The van der Waals surface area contributed by atoms with Gasteiger partial charge in [-0.3, -0.25) is 4.90 Å². The van der Waals surface area contributed by atoms with Crippen molar-refractivity contribution in [1.82, 2.24) is 5.32 Å². The van der Waals surface area contributed by atoms with Gasteiger partial charge < -0.3 is 14.8 Å². The third-order valence-electron chi connectivity index (χ3n) is 5.17. The number of nitrogens with zero attached hydrogens (tertiary/aromatic N) is 1. The zero-order valence-electron chi connectivity index (χ0n) is 13.9. The van der Waals surface area contributed by atoms with Crippen molar-refractivity contribution >= 4 is 23.0 Å². The minimum atomic E-state index is -0.587. The fourth-order valence-electron chi connectivity index (χ4n) is 3.74. The van der Waals surface area contributed by atoms with Crippen LogP contribution in [0.1, 0.15) is 25.5 Å². The van der Waals surface area contributed by atoms with Gasteiger partial charge in [-0.05, 0) is 37.3 Å². The van der Waals surface area contributed by atoms with Crippen molar-refractivity contribution in [2.45, 2.75) is 25.6 Å². The maximum atomic E-state index is 6.48. The number of anilines is 1. The van der Waals surface area contributed by atoms with Crippen LogP contribution in [0.5, 0.6) is 11.5 Å². The molecule has 0 unspecified atom stereocenters. The molecule has 2 heterocycles. The zero-order chi connectivity index (χ0) is 16.9. The van der Waals surface area contributed by atoms with Crippen molar-refractivity contribution in [2.75, 3.05) is 12.0 Å². The number of benzene rings is 2. The molecule has 2 bridgehead atoms. The summed E-state index contributed by atoms with van der Waals surface area (Å²) in [7, 11) is 1.67. The fourth-order valence-corrected chi connectivity index (χ4v) is 4.15. The SMILES string of the molecule is COc1ccccc1N1C(=S)N[C@H]2c3ccccc3O[C@@]1(C)[C@@H]2C. The lowest BCUT2D eigenvalue weighted by Crippen LogP contribution is -2.69. The van der Waals surface area contributed by atoms with Crippen molar-refractivity contribution < 1.29 is 9.47 Å². The van der Waals surface area contributed by atoms with Crippen LogP contribution in [0, 0.1) is 5.92 Å². The van der Waals surface area contributed by atoms with Crippen LogP contribution in [0.3, 0.4) is 0 Å². The summed E-state index contributed by atoms with van der Waals surface area (Å²) < 4.78 is 12.0. The van der Waals surface area contributed by atoms with Crippen LogP contribution in [0.4, 0.5) is 5.69 Å². The lowest BCUT2D eigenvalue weighted by Gasteiger charge is -2.56. The van der Waals surface area contributed by atoms with Crippen LogP contribution >= 0.6 is 12.2 Å². The number of fused-ring (bicyclic) bond motifs is 4. The van der Waals surface area contributed by atoms with Gasteiger partial charge in [0.25, 0.3) is 0 Å². The number of nitrogens with one attached hydrogen (secondary N) is 1. The summed E-state index contributed by atoms with van der Waals surface area (Å²) >= 11 is 5.70. The highest BCUT2D eigenvalue weighted by molar-refractivity contribution is 7.80. The average molecular weight is 340 g/mol. The van der Waals surface area contributed by atoms with Gasteiger partial charge >= 0.3 is 0 Å². The molecule has 4 rings (SSSR count). The van der Waals surface area contributed by atoms with Gasteiger partial charge in [-0.1, -0.05) is 37.3 Å². The molecule has 0 aromatic heterocycles. The Morgan fingerprint density at radius 3 is 2.67 bits per heavy atom. The Hall–Kier alpha value is -2.27. The molecule has 0 spiro atoms. The third kappa shape index (κ3) is 2.01. The van der Waals surface area contributed by atoms with Gasteiger partial charge in [0.15, 0.2) is 10.8 Å². The van der Waals surface area contributed by atoms with Gasteiger partial charge in [0.05, 0.1) is 18.8 Å². The van der Waals surface area contributed by atoms with E-state index in [2.05, 4.69) is 25.2 Å². The molecule has 0 amide bonds. The quantitative estimate of drug-likeness (QED) is 0.839. The fraction of sp³-hybridized carbons (Fsp3) is 0.316. The van der Waals surface area contributed by atoms with Crippen LogP contribution in [-0.4, -0.2) is 17.9 Å². The van der Waals surface area contributed by atoms with E-state index >= 15 is 0 Å². The van der Waals surface area contributed by atoms with E-state index in [0.29, 0.717) is 5.11 Å². The van der Waals surface area contributed by atoms with Crippen LogP contribution in [0.25, 0.3) is 0 Å². The summed E-state index contributed by atoms with van der Waals surface area (Å²) in [6.45, 7) is 4.29. The molecule has 2 aliphatic rings. The van der Waals surface area contributed by atoms with Gasteiger partial charge in [0, 0.05) is 11.5 Å². The maximum Gasteiger partial charge on any atom is 0.191 e. The molecule has 2 aliphatic heterocycles. The highest BCUT2D eigenvalue weighted by Gasteiger charge is 2.54. The summed E-state index contributed by atoms with van der Waals surface area (Å²) in [6, 6.07) is 16.2. The molecule has 0 radical (unpaired) electrons. The van der Waals surface area contributed by atoms with E-state index < -0.39 is 5.72 Å². The molecule has 1 N–H and O–H groups in total. The lowest BCUT2D eigenvalue weighted by molar-refractivity contribution is -0.00342. The molecule has 24 heavy (non-hydrogen) atoms. The zero-order valence-corrected chi connectivity index (χ0v) is 14.8. The Labute approximate surface area is 147 Å². The summed E-state index contributed by atoms with van der Waals surface area (Å²) in [5.41, 5.74) is 1.48. The van der Waals surface area contributed by atoms with E-state index in [1.807, 2.05) is 47.4 Å². The maximum absolute atomic E-state index is 6.48. The highest BCUT2D eigenvalue weighted by atomic mass is 32.1.